The lowest BCUT2D eigenvalue weighted by Gasteiger charge is -2.05. The van der Waals surface area contributed by atoms with Gasteiger partial charge in [-0.1, -0.05) is 54.6 Å². The highest BCUT2D eigenvalue weighted by atomic mass is 16.1. The van der Waals surface area contributed by atoms with Crippen molar-refractivity contribution in [3.8, 4) is 11.1 Å². The first-order valence-corrected chi connectivity index (χ1v) is 5.07. The number of carbonyl (C=O) groups is 1. The molecule has 4 nitrogen and oxygen atoms in total. The van der Waals surface area contributed by atoms with E-state index < -0.39 is 5.91 Å². The molecule has 4 heteroatoms. The molecule has 0 bridgehead atoms. The van der Waals surface area contributed by atoms with Crippen LogP contribution in [0.15, 0.2) is 59.7 Å². The molecule has 17 heavy (non-hydrogen) atoms. The Labute approximate surface area is 98.1 Å². The smallest absolute Gasteiger partial charge is 0.249 e. The fraction of sp³-hybridized carbons (Fsp3) is 0. The molecule has 0 heterocycles. The fourth-order valence-corrected chi connectivity index (χ4v) is 1.63. The third-order valence-electron chi connectivity index (χ3n) is 2.38. The molecule has 0 N–H and O–H groups in total. The predicted molar refractivity (Wildman–Crippen MR) is 65.4 cm³/mol. The number of azide groups is 1. The minimum Gasteiger partial charge on any atom is -0.287 e. The Hall–Kier alpha value is -2.58. The number of amides is 1. The van der Waals surface area contributed by atoms with Gasteiger partial charge >= 0.3 is 0 Å². The lowest BCUT2D eigenvalue weighted by molar-refractivity contribution is 0.100. The number of carbonyl (C=O) groups excluding carboxylic acids is 1. The summed E-state index contributed by atoms with van der Waals surface area (Å²) in [6.07, 6.45) is 0. The van der Waals surface area contributed by atoms with Crippen LogP contribution in [0, 0.1) is 0 Å². The van der Waals surface area contributed by atoms with E-state index in [-0.39, 0.29) is 0 Å². The maximum atomic E-state index is 11.6. The zero-order chi connectivity index (χ0) is 12.1. The molecule has 2 aromatic rings. The summed E-state index contributed by atoms with van der Waals surface area (Å²) in [7, 11) is 0. The number of hydrogen-bond donors (Lipinski definition) is 0. The first-order chi connectivity index (χ1) is 8.33. The second-order valence-electron chi connectivity index (χ2n) is 3.41. The minimum absolute atomic E-state index is 0.413. The maximum absolute atomic E-state index is 11.6. The second-order valence-corrected chi connectivity index (χ2v) is 3.41. The van der Waals surface area contributed by atoms with Crippen molar-refractivity contribution in [2.45, 2.75) is 0 Å². The van der Waals surface area contributed by atoms with Crippen LogP contribution in [0.4, 0.5) is 0 Å². The highest BCUT2D eigenvalue weighted by Crippen LogP contribution is 2.23. The molecular formula is C13H9N3O. The summed E-state index contributed by atoms with van der Waals surface area (Å²) in [5.74, 6) is -0.563. The Balaban J connectivity index is 2.56. The monoisotopic (exact) mass is 223 g/mol. The van der Waals surface area contributed by atoms with Crippen LogP contribution >= 0.6 is 0 Å². The van der Waals surface area contributed by atoms with Crippen LogP contribution in [-0.4, -0.2) is 5.91 Å². The highest BCUT2D eigenvalue weighted by molar-refractivity contribution is 6.01. The van der Waals surface area contributed by atoms with Gasteiger partial charge in [0.2, 0.25) is 5.91 Å². The predicted octanol–water partition coefficient (Wildman–Crippen LogP) is 3.80. The van der Waals surface area contributed by atoms with Crippen LogP contribution in [-0.2, 0) is 0 Å². The Morgan fingerprint density at radius 1 is 1.00 bits per heavy atom. The molecule has 0 aliphatic rings. The number of rotatable bonds is 2. The van der Waals surface area contributed by atoms with Gasteiger partial charge < -0.3 is 0 Å². The van der Waals surface area contributed by atoms with Crippen molar-refractivity contribution in [3.05, 3.63) is 70.6 Å². The minimum atomic E-state index is -0.563. The van der Waals surface area contributed by atoms with Crippen LogP contribution < -0.4 is 0 Å². The lowest BCUT2D eigenvalue weighted by atomic mass is 9.99. The zero-order valence-corrected chi connectivity index (χ0v) is 8.95. The van der Waals surface area contributed by atoms with Gasteiger partial charge in [-0.05, 0) is 21.8 Å². The standard InChI is InChI=1S/C13H9N3O/c14-16-15-13(17)12-9-5-4-8-11(12)10-6-2-1-3-7-10/h1-9H. The summed E-state index contributed by atoms with van der Waals surface area (Å²) in [6.45, 7) is 0. The number of benzene rings is 2. The van der Waals surface area contributed by atoms with Crippen LogP contribution in [0.1, 0.15) is 10.4 Å². The molecule has 0 saturated carbocycles. The van der Waals surface area contributed by atoms with Gasteiger partial charge in [0, 0.05) is 10.5 Å². The van der Waals surface area contributed by atoms with E-state index in [1.54, 1.807) is 12.1 Å². The van der Waals surface area contributed by atoms with Crippen molar-refractivity contribution in [2.24, 2.45) is 5.11 Å². The van der Waals surface area contributed by atoms with Gasteiger partial charge in [0.1, 0.15) is 0 Å². The van der Waals surface area contributed by atoms with Crippen molar-refractivity contribution in [2.75, 3.05) is 0 Å². The lowest BCUT2D eigenvalue weighted by Crippen LogP contribution is -1.96. The van der Waals surface area contributed by atoms with E-state index >= 15 is 0 Å². The summed E-state index contributed by atoms with van der Waals surface area (Å²) in [5.41, 5.74) is 10.4. The summed E-state index contributed by atoms with van der Waals surface area (Å²) in [6, 6.07) is 16.6. The van der Waals surface area contributed by atoms with Gasteiger partial charge in [0.05, 0.1) is 0 Å². The molecule has 0 spiro atoms. The zero-order valence-electron chi connectivity index (χ0n) is 8.95. The number of nitrogens with zero attached hydrogens (tertiary/aromatic N) is 3. The average Bonchev–Trinajstić information content (AvgIpc) is 2.40. The van der Waals surface area contributed by atoms with Crippen molar-refractivity contribution < 1.29 is 4.79 Å². The third-order valence-corrected chi connectivity index (χ3v) is 2.38. The highest BCUT2D eigenvalue weighted by Gasteiger charge is 2.09. The molecular weight excluding hydrogens is 214 g/mol. The summed E-state index contributed by atoms with van der Waals surface area (Å²) in [5, 5.41) is 3.12. The van der Waals surface area contributed by atoms with Gasteiger partial charge in [-0.25, -0.2) is 0 Å². The van der Waals surface area contributed by atoms with Crippen LogP contribution in [0.5, 0.6) is 0 Å². The summed E-state index contributed by atoms with van der Waals surface area (Å²) in [4.78, 5) is 14.1. The van der Waals surface area contributed by atoms with Gasteiger partial charge in [-0.15, -0.1) is 0 Å². The Morgan fingerprint density at radius 2 is 1.65 bits per heavy atom. The third kappa shape index (κ3) is 2.33. The van der Waals surface area contributed by atoms with E-state index in [9.17, 15) is 4.79 Å². The van der Waals surface area contributed by atoms with Crippen LogP contribution in [0.3, 0.4) is 0 Å². The molecule has 0 saturated heterocycles. The van der Waals surface area contributed by atoms with E-state index in [1.807, 2.05) is 42.5 Å². The van der Waals surface area contributed by atoms with Crippen molar-refractivity contribution in [1.82, 2.24) is 0 Å². The molecule has 0 aliphatic carbocycles. The van der Waals surface area contributed by atoms with Crippen molar-refractivity contribution >= 4 is 5.91 Å². The molecule has 0 unspecified atom stereocenters. The largest absolute Gasteiger partial charge is 0.287 e. The van der Waals surface area contributed by atoms with Gasteiger partial charge in [0.25, 0.3) is 0 Å². The molecule has 82 valence electrons. The quantitative estimate of drug-likeness (QED) is 0.433. The maximum Gasteiger partial charge on any atom is 0.249 e. The molecule has 0 fully saturated rings. The van der Waals surface area contributed by atoms with Crippen molar-refractivity contribution in [3.63, 3.8) is 0 Å². The van der Waals surface area contributed by atoms with Crippen molar-refractivity contribution in [1.29, 1.82) is 0 Å². The molecule has 0 aliphatic heterocycles. The van der Waals surface area contributed by atoms with E-state index in [2.05, 4.69) is 10.0 Å². The van der Waals surface area contributed by atoms with E-state index in [0.717, 1.165) is 11.1 Å². The Kier molecular flexibility index (Phi) is 3.19. The van der Waals surface area contributed by atoms with Crippen LogP contribution in [0.25, 0.3) is 21.6 Å². The topological polar surface area (TPSA) is 65.8 Å². The van der Waals surface area contributed by atoms with E-state index in [4.69, 9.17) is 5.53 Å². The Bertz CT molecular complexity index is 587. The van der Waals surface area contributed by atoms with Gasteiger partial charge in [-0.3, -0.25) is 4.79 Å². The van der Waals surface area contributed by atoms with E-state index in [1.165, 1.54) is 0 Å². The SMILES string of the molecule is [N-]=[N+]=NC(=O)c1ccccc1-c1ccccc1. The average molecular weight is 223 g/mol. The molecule has 0 radical (unpaired) electrons. The first kappa shape index (κ1) is 10.9. The Morgan fingerprint density at radius 3 is 2.35 bits per heavy atom. The molecule has 2 rings (SSSR count). The molecule has 2 aromatic carbocycles. The normalized spacial score (nSPS) is 9.41. The molecule has 0 atom stereocenters. The molecule has 1 amide bonds. The number of hydrogen-bond acceptors (Lipinski definition) is 1. The van der Waals surface area contributed by atoms with Gasteiger partial charge in [0.15, 0.2) is 0 Å². The summed E-state index contributed by atoms with van der Waals surface area (Å²) >= 11 is 0. The summed E-state index contributed by atoms with van der Waals surface area (Å²) < 4.78 is 0. The fourth-order valence-electron chi connectivity index (χ4n) is 1.63. The van der Waals surface area contributed by atoms with Gasteiger partial charge in [-0.2, -0.15) is 0 Å². The molecule has 0 aromatic heterocycles. The second kappa shape index (κ2) is 4.96. The first-order valence-electron chi connectivity index (χ1n) is 5.07. The van der Waals surface area contributed by atoms with Crippen LogP contribution in [0.2, 0.25) is 0 Å². The van der Waals surface area contributed by atoms with E-state index in [0.29, 0.717) is 5.56 Å².